The Kier molecular flexibility index (Phi) is 7.85. The highest BCUT2D eigenvalue weighted by Crippen LogP contribution is 2.28. The lowest BCUT2D eigenvalue weighted by molar-refractivity contribution is -0.156. The van der Waals surface area contributed by atoms with E-state index in [-0.39, 0.29) is 5.91 Å². The molecule has 0 saturated carbocycles. The molecule has 2 aliphatic heterocycles. The number of alkyl halides is 1. The number of rotatable bonds is 5. The zero-order valence-electron chi connectivity index (χ0n) is 18.1. The van der Waals surface area contributed by atoms with E-state index in [1.807, 2.05) is 4.90 Å². The van der Waals surface area contributed by atoms with Gasteiger partial charge in [0, 0.05) is 39.8 Å². The van der Waals surface area contributed by atoms with Gasteiger partial charge in [-0.25, -0.2) is 14.0 Å². The number of carbonyl (C=O) groups excluding carboxylic acids is 3. The van der Waals surface area contributed by atoms with E-state index in [2.05, 4.69) is 0 Å². The van der Waals surface area contributed by atoms with Gasteiger partial charge in [0.05, 0.1) is 13.0 Å². The first-order chi connectivity index (χ1) is 13.5. The Labute approximate surface area is 172 Å². The van der Waals surface area contributed by atoms with Gasteiger partial charge in [-0.2, -0.15) is 0 Å². The smallest absolute Gasteiger partial charge is 0.411 e. The summed E-state index contributed by atoms with van der Waals surface area (Å²) in [5.41, 5.74) is -0.713. The van der Waals surface area contributed by atoms with Gasteiger partial charge in [0.25, 0.3) is 0 Å². The number of methoxy groups -OCH3 is 1. The average molecular weight is 416 g/mol. The number of carbonyl (C=O) groups is 3. The zero-order valence-corrected chi connectivity index (χ0v) is 18.1. The van der Waals surface area contributed by atoms with Crippen molar-refractivity contribution >= 4 is 18.0 Å². The van der Waals surface area contributed by atoms with Crippen molar-refractivity contribution in [1.82, 2.24) is 14.7 Å². The summed E-state index contributed by atoms with van der Waals surface area (Å²) in [6, 6.07) is -1.01. The molecule has 2 fully saturated rings. The zero-order chi connectivity index (χ0) is 21.8. The van der Waals surface area contributed by atoms with E-state index in [0.717, 1.165) is 0 Å². The van der Waals surface area contributed by atoms with Crippen molar-refractivity contribution < 1.29 is 28.2 Å². The van der Waals surface area contributed by atoms with Crippen LogP contribution in [0, 0.1) is 5.92 Å². The summed E-state index contributed by atoms with van der Waals surface area (Å²) >= 11 is 0. The summed E-state index contributed by atoms with van der Waals surface area (Å²) in [5, 5.41) is 0. The van der Waals surface area contributed by atoms with Crippen LogP contribution < -0.4 is 0 Å². The van der Waals surface area contributed by atoms with E-state index in [1.165, 1.54) is 12.0 Å². The normalized spacial score (nSPS) is 25.6. The second-order valence-corrected chi connectivity index (χ2v) is 8.84. The second-order valence-electron chi connectivity index (χ2n) is 8.84. The Bertz CT molecular complexity index is 609. The van der Waals surface area contributed by atoms with Crippen LogP contribution in [0.25, 0.3) is 0 Å². The molecule has 0 bridgehead atoms. The molecule has 2 amide bonds. The second kappa shape index (κ2) is 9.73. The van der Waals surface area contributed by atoms with Crippen molar-refractivity contribution in [3.63, 3.8) is 0 Å². The molecule has 0 N–H and O–H groups in total. The van der Waals surface area contributed by atoms with E-state index >= 15 is 0 Å². The summed E-state index contributed by atoms with van der Waals surface area (Å²) in [7, 11) is 2.92. The molecule has 0 radical (unpaired) electrons. The summed E-state index contributed by atoms with van der Waals surface area (Å²) in [5.74, 6) is -1.53. The molecular formula is C20H34FN3O5. The third-order valence-electron chi connectivity index (χ3n) is 5.36. The number of hydrogen-bond acceptors (Lipinski definition) is 6. The Morgan fingerprint density at radius 2 is 1.86 bits per heavy atom. The van der Waals surface area contributed by atoms with Gasteiger partial charge in [-0.1, -0.05) is 0 Å². The van der Waals surface area contributed by atoms with Crippen LogP contribution >= 0.6 is 0 Å². The minimum atomic E-state index is -1.01. The summed E-state index contributed by atoms with van der Waals surface area (Å²) in [4.78, 5) is 43.1. The molecule has 29 heavy (non-hydrogen) atoms. The van der Waals surface area contributed by atoms with Gasteiger partial charge in [-0.15, -0.1) is 0 Å². The maximum absolute atomic E-state index is 13.3. The van der Waals surface area contributed by atoms with Crippen molar-refractivity contribution in [2.75, 3.05) is 46.9 Å². The number of ether oxygens (including phenoxy) is 2. The van der Waals surface area contributed by atoms with Crippen molar-refractivity contribution in [2.45, 2.75) is 57.8 Å². The fourth-order valence-electron chi connectivity index (χ4n) is 3.87. The highest BCUT2D eigenvalue weighted by Gasteiger charge is 2.45. The first-order valence-corrected chi connectivity index (χ1v) is 10.2. The van der Waals surface area contributed by atoms with Crippen LogP contribution in [0.4, 0.5) is 9.18 Å². The van der Waals surface area contributed by atoms with Crippen LogP contribution in [0.15, 0.2) is 0 Å². The molecule has 166 valence electrons. The van der Waals surface area contributed by atoms with Crippen molar-refractivity contribution in [3.05, 3.63) is 0 Å². The molecule has 2 saturated heterocycles. The molecule has 0 spiro atoms. The quantitative estimate of drug-likeness (QED) is 0.636. The van der Waals surface area contributed by atoms with E-state index in [0.29, 0.717) is 52.0 Å². The Hall–Kier alpha value is -1.90. The number of nitrogens with zero attached hydrogens (tertiary/aromatic N) is 3. The molecule has 3 atom stereocenters. The number of hydrogen-bond donors (Lipinski definition) is 0. The molecule has 8 nitrogen and oxygen atoms in total. The molecule has 9 heteroatoms. The fraction of sp³-hybridized carbons (Fsp3) is 0.850. The summed E-state index contributed by atoms with van der Waals surface area (Å²) in [6.45, 7) is 7.66. The lowest BCUT2D eigenvalue weighted by Gasteiger charge is -2.40. The lowest BCUT2D eigenvalue weighted by Crippen LogP contribution is -2.58. The van der Waals surface area contributed by atoms with Gasteiger partial charge in [-0.3, -0.25) is 14.6 Å². The van der Waals surface area contributed by atoms with Gasteiger partial charge in [0.15, 0.2) is 0 Å². The minimum absolute atomic E-state index is 0.218. The first-order valence-electron chi connectivity index (χ1n) is 10.2. The largest absolute Gasteiger partial charge is 0.467 e. The third-order valence-corrected chi connectivity index (χ3v) is 5.36. The third kappa shape index (κ3) is 6.29. The lowest BCUT2D eigenvalue weighted by atomic mass is 9.88. The SMILES string of the molecule is COC(=O)[C@H]1[C@@H](C(=O)N(C)CCN2CC[C@H](F)C2)CCCN1C(=O)OC(C)(C)C. The number of likely N-dealkylation sites (tertiary alicyclic amines) is 2. The highest BCUT2D eigenvalue weighted by atomic mass is 19.1. The predicted molar refractivity (Wildman–Crippen MR) is 105 cm³/mol. The number of likely N-dealkylation sites (N-methyl/N-ethyl adjacent to an activating group) is 1. The topological polar surface area (TPSA) is 79.4 Å². The van der Waals surface area contributed by atoms with Gasteiger partial charge >= 0.3 is 12.1 Å². The standard InChI is InChI=1S/C20H34FN3O5/c1-20(2,3)29-19(27)24-9-6-7-15(16(24)18(26)28-5)17(25)22(4)11-12-23-10-8-14(21)13-23/h14-16H,6-13H2,1-5H3/t14-,15-,16+/m0/s1. The van der Waals surface area contributed by atoms with Crippen molar-refractivity contribution in [1.29, 1.82) is 0 Å². The summed E-state index contributed by atoms with van der Waals surface area (Å²) in [6.07, 6.45) is 0.167. The van der Waals surface area contributed by atoms with Crippen LogP contribution in [-0.2, 0) is 19.1 Å². The monoisotopic (exact) mass is 415 g/mol. The maximum Gasteiger partial charge on any atom is 0.411 e. The van der Waals surface area contributed by atoms with E-state index in [4.69, 9.17) is 9.47 Å². The number of esters is 1. The number of piperidine rings is 1. The Balaban J connectivity index is 2.08. The average Bonchev–Trinajstić information content (AvgIpc) is 3.08. The summed E-state index contributed by atoms with van der Waals surface area (Å²) < 4.78 is 23.7. The molecule has 0 unspecified atom stereocenters. The van der Waals surface area contributed by atoms with E-state index < -0.39 is 35.8 Å². The van der Waals surface area contributed by atoms with Crippen molar-refractivity contribution in [2.24, 2.45) is 5.92 Å². The maximum atomic E-state index is 13.3. The highest BCUT2D eigenvalue weighted by molar-refractivity contribution is 5.90. The van der Waals surface area contributed by atoms with Crippen molar-refractivity contribution in [3.8, 4) is 0 Å². The number of halogens is 1. The van der Waals surface area contributed by atoms with E-state index in [9.17, 15) is 18.8 Å². The van der Waals surface area contributed by atoms with Crippen LogP contribution in [0.2, 0.25) is 0 Å². The molecule has 2 aliphatic rings. The first kappa shape index (κ1) is 23.4. The molecular weight excluding hydrogens is 381 g/mol. The van der Waals surface area contributed by atoms with Gasteiger partial charge < -0.3 is 14.4 Å². The number of amides is 2. The minimum Gasteiger partial charge on any atom is -0.467 e. The molecule has 0 aromatic rings. The van der Waals surface area contributed by atoms with Crippen LogP contribution in [0.1, 0.15) is 40.0 Å². The predicted octanol–water partition coefficient (Wildman–Crippen LogP) is 1.68. The fourth-order valence-corrected chi connectivity index (χ4v) is 3.87. The van der Waals surface area contributed by atoms with Gasteiger partial charge in [-0.05, 0) is 40.0 Å². The molecule has 2 heterocycles. The molecule has 0 aliphatic carbocycles. The van der Waals surface area contributed by atoms with Gasteiger partial charge in [0.2, 0.25) is 5.91 Å². The molecule has 0 aromatic heterocycles. The van der Waals surface area contributed by atoms with Crippen LogP contribution in [0.3, 0.4) is 0 Å². The Morgan fingerprint density at radius 1 is 1.17 bits per heavy atom. The Morgan fingerprint density at radius 3 is 2.41 bits per heavy atom. The molecule has 2 rings (SSSR count). The molecule has 0 aromatic carbocycles. The van der Waals surface area contributed by atoms with Crippen LogP contribution in [0.5, 0.6) is 0 Å². The van der Waals surface area contributed by atoms with Crippen LogP contribution in [-0.4, -0.2) is 97.4 Å². The van der Waals surface area contributed by atoms with E-state index in [1.54, 1.807) is 32.7 Å². The van der Waals surface area contributed by atoms with Gasteiger partial charge in [0.1, 0.15) is 17.8 Å².